The Kier molecular flexibility index (Phi) is 20.8. The van der Waals surface area contributed by atoms with Gasteiger partial charge in [-0.25, -0.2) is 9.59 Å². The van der Waals surface area contributed by atoms with E-state index in [0.29, 0.717) is 23.1 Å². The Balaban J connectivity index is 1.05. The molecule has 25 nitrogen and oxygen atoms in total. The first-order valence-electron chi connectivity index (χ1n) is 31.1. The van der Waals surface area contributed by atoms with E-state index in [0.717, 1.165) is 7.11 Å². The van der Waals surface area contributed by atoms with Gasteiger partial charge >= 0.3 is 18.0 Å². The molecule has 5 heterocycles. The Bertz CT molecular complexity index is 2830. The van der Waals surface area contributed by atoms with E-state index in [1.165, 1.54) is 39.0 Å². The SMILES string of the molecule is COC(=O)NC1C(C)OC(OC2CC=C(C)C3C=CC4C(OC5CC(OC6CC(O)C(OC7CC(O)C(O)C(C)O7)C(C)O6)C(OC(C)=O)C(C)O5)C(C)CC(C)C4C3(C)C(O)=C3C(=O)OC4(CC(C=CC(C)=O)=CC(O)C4C=C2C)C3=O)CC1(C)N([O-])O. The Morgan fingerprint density at radius 1 is 0.764 bits per heavy atom. The third kappa shape index (κ3) is 13.5. The van der Waals surface area contributed by atoms with Crippen LogP contribution in [0.2, 0.25) is 0 Å². The number of carbonyl (C=O) groups is 5. The molecule has 27 unspecified atom stereocenters. The van der Waals surface area contributed by atoms with Gasteiger partial charge in [0.2, 0.25) is 5.78 Å². The number of hydroxylamine groups is 2. The smallest absolute Gasteiger partial charge is 0.407 e. The summed E-state index contributed by atoms with van der Waals surface area (Å²) >= 11 is 0. The Hall–Kier alpha value is -4.81. The Morgan fingerprint density at radius 2 is 1.39 bits per heavy atom. The number of fused-ring (bicyclic) bond motifs is 4. The van der Waals surface area contributed by atoms with Crippen LogP contribution >= 0.6 is 0 Å². The van der Waals surface area contributed by atoms with E-state index >= 15 is 4.79 Å². The van der Waals surface area contributed by atoms with Gasteiger partial charge in [0, 0.05) is 56.3 Å². The lowest BCUT2D eigenvalue weighted by Crippen LogP contribution is -2.67. The molecule has 0 aromatic rings. The fraction of sp³-hybridized carbons (Fsp3) is 0.734. The monoisotopic (exact) mass is 1260 g/mol. The highest BCUT2D eigenvalue weighted by atomic mass is 16.8. The van der Waals surface area contributed by atoms with E-state index in [1.54, 1.807) is 40.7 Å². The standard InChI is InChI=1S/C64H91N2O23/c1-28-14-19-45(85-50-27-62(11,66(77)78)57(36(9)83-50)65-61(76)79-13)29(2)21-41-42(69)22-38(16-15-32(5)67)26-64(41)59(74)51(60(75)89-64)58(73)63(12)40(28)18-17-39-52(63)30(3)20-31(4)54(39)87-49-25-46(56(35(8)82-49)84-37(10)68)86-47-24-44(71)55(34(7)81-47)88-48-23-43(70)53(72)33(6)80-48/h14-18,21-22,30-31,33-36,39-50,52-57,69-73,77H,19-20,23-27H2,1-13H3,(H,65,76)/q-1. The first-order valence-corrected chi connectivity index (χ1v) is 31.1. The van der Waals surface area contributed by atoms with Gasteiger partial charge in [-0.1, -0.05) is 62.8 Å². The van der Waals surface area contributed by atoms with E-state index in [2.05, 4.69) is 19.2 Å². The van der Waals surface area contributed by atoms with Gasteiger partial charge in [-0.2, -0.15) is 0 Å². The van der Waals surface area contributed by atoms with Gasteiger partial charge in [-0.05, 0) is 103 Å². The molecule has 9 rings (SSSR count). The maximum Gasteiger partial charge on any atom is 0.407 e. The second-order valence-electron chi connectivity index (χ2n) is 26.7. The number of amides is 1. The van der Waals surface area contributed by atoms with Crippen LogP contribution in [0.25, 0.3) is 0 Å². The third-order valence-electron chi connectivity index (χ3n) is 20.3. The number of aliphatic hydroxyl groups is 5. The van der Waals surface area contributed by atoms with Crippen LogP contribution in [-0.4, -0.2) is 194 Å². The van der Waals surface area contributed by atoms with Crippen molar-refractivity contribution < 1.29 is 107 Å². The van der Waals surface area contributed by atoms with Crippen molar-refractivity contribution in [2.75, 3.05) is 7.11 Å². The molecular weight excluding hydrogens is 1160 g/mol. The summed E-state index contributed by atoms with van der Waals surface area (Å²) in [5, 5.41) is 83.6. The summed E-state index contributed by atoms with van der Waals surface area (Å²) in [4.78, 5) is 68.0. The average molecular weight is 1260 g/mol. The van der Waals surface area contributed by atoms with Crippen LogP contribution in [-0.2, 0) is 71.3 Å². The number of rotatable bonds is 13. The summed E-state index contributed by atoms with van der Waals surface area (Å²) in [6, 6.07) is -1.07. The van der Waals surface area contributed by atoms with Crippen LogP contribution in [0.1, 0.15) is 128 Å². The van der Waals surface area contributed by atoms with E-state index in [9.17, 15) is 55.1 Å². The zero-order valence-corrected chi connectivity index (χ0v) is 52.9. The fourth-order valence-corrected chi connectivity index (χ4v) is 15.8. The van der Waals surface area contributed by atoms with E-state index < -0.39 is 186 Å². The highest BCUT2D eigenvalue weighted by Crippen LogP contribution is 2.61. The summed E-state index contributed by atoms with van der Waals surface area (Å²) in [7, 11) is 1.16. The van der Waals surface area contributed by atoms with Gasteiger partial charge in [0.25, 0.3) is 0 Å². The Morgan fingerprint density at radius 3 is 2.03 bits per heavy atom. The second kappa shape index (κ2) is 27.0. The molecule has 1 saturated carbocycles. The van der Waals surface area contributed by atoms with E-state index in [1.807, 2.05) is 32.1 Å². The van der Waals surface area contributed by atoms with Gasteiger partial charge in [-0.15, -0.1) is 0 Å². The van der Waals surface area contributed by atoms with E-state index in [-0.39, 0.29) is 61.4 Å². The normalized spacial score (nSPS) is 45.3. The van der Waals surface area contributed by atoms with Crippen LogP contribution in [0.5, 0.6) is 0 Å². The van der Waals surface area contributed by atoms with Crippen molar-refractivity contribution in [2.45, 2.75) is 250 Å². The first kappa shape index (κ1) is 68.6. The molecule has 496 valence electrons. The molecule has 6 fully saturated rings. The molecule has 25 heteroatoms. The van der Waals surface area contributed by atoms with Crippen molar-refractivity contribution in [1.29, 1.82) is 0 Å². The lowest BCUT2D eigenvalue weighted by molar-refractivity contribution is -0.335. The molecule has 27 atom stereocenters. The average Bonchev–Trinajstić information content (AvgIpc) is 1.69. The van der Waals surface area contributed by atoms with Gasteiger partial charge < -0.3 is 93.4 Å². The van der Waals surface area contributed by atoms with Crippen molar-refractivity contribution in [3.63, 3.8) is 0 Å². The van der Waals surface area contributed by atoms with Crippen molar-refractivity contribution in [3.8, 4) is 0 Å². The van der Waals surface area contributed by atoms with Gasteiger partial charge in [0.15, 0.2) is 42.6 Å². The number of nitrogens with zero attached hydrogens (tertiary/aromatic N) is 1. The highest BCUT2D eigenvalue weighted by molar-refractivity contribution is 6.26. The number of ether oxygens (including phenoxy) is 11. The van der Waals surface area contributed by atoms with Crippen molar-refractivity contribution in [2.24, 2.45) is 40.9 Å². The number of Topliss-reactive ketones (excluding diaryl/α,β-unsaturated/α-hetero) is 1. The van der Waals surface area contributed by atoms with Gasteiger partial charge in [0.1, 0.15) is 29.6 Å². The molecular formula is C64H91N2O23-. The summed E-state index contributed by atoms with van der Waals surface area (Å²) in [5.74, 6) is -6.79. The van der Waals surface area contributed by atoms with Gasteiger partial charge in [0.05, 0.1) is 79.5 Å². The molecule has 89 heavy (non-hydrogen) atoms. The number of esters is 2. The molecule has 4 aliphatic carbocycles. The van der Waals surface area contributed by atoms with Crippen LogP contribution in [0.3, 0.4) is 0 Å². The molecule has 0 aromatic heterocycles. The molecule has 9 aliphatic rings. The highest BCUT2D eigenvalue weighted by Gasteiger charge is 2.65. The molecule has 5 saturated heterocycles. The Labute approximate surface area is 518 Å². The molecule has 2 bridgehead atoms. The number of hydrogen-bond acceptors (Lipinski definition) is 24. The summed E-state index contributed by atoms with van der Waals surface area (Å²) in [6.07, 6.45) is -5.39. The number of hydrogen-bond donors (Lipinski definition) is 7. The lowest BCUT2D eigenvalue weighted by Gasteiger charge is -2.56. The zero-order valence-electron chi connectivity index (χ0n) is 52.9. The molecule has 0 aromatic carbocycles. The maximum absolute atomic E-state index is 15.8. The minimum atomic E-state index is -2.15. The fourth-order valence-electron chi connectivity index (χ4n) is 15.8. The number of allylic oxidation sites excluding steroid dienone is 5. The quantitative estimate of drug-likeness (QED) is 0.0308. The van der Waals surface area contributed by atoms with Crippen LogP contribution < -0.4 is 5.32 Å². The molecule has 1 amide bonds. The minimum Gasteiger partial charge on any atom is -0.762 e. The second-order valence-corrected chi connectivity index (χ2v) is 26.7. The number of aliphatic hydroxyl groups excluding tert-OH is 5. The maximum atomic E-state index is 15.8. The van der Waals surface area contributed by atoms with Gasteiger partial charge in [-0.3, -0.25) is 19.6 Å². The predicted octanol–water partition coefficient (Wildman–Crippen LogP) is 5.28. The summed E-state index contributed by atoms with van der Waals surface area (Å²) < 4.78 is 68.5. The topological polar surface area (TPSA) is 347 Å². The van der Waals surface area contributed by atoms with E-state index in [4.69, 9.17) is 52.1 Å². The molecule has 0 radical (unpaired) electrons. The van der Waals surface area contributed by atoms with Crippen molar-refractivity contribution >= 4 is 29.6 Å². The summed E-state index contributed by atoms with van der Waals surface area (Å²) in [5.41, 5.74) is -4.38. The number of alkyl carbamates (subject to hydrolysis) is 1. The lowest BCUT2D eigenvalue weighted by atomic mass is 9.49. The van der Waals surface area contributed by atoms with Crippen molar-refractivity contribution in [3.05, 3.63) is 75.8 Å². The number of carbonyl (C=O) groups excluding carboxylic acids is 5. The largest absolute Gasteiger partial charge is 0.762 e. The first-order chi connectivity index (χ1) is 41.8. The number of methoxy groups -OCH3 is 1. The van der Waals surface area contributed by atoms with Crippen LogP contribution in [0.4, 0.5) is 4.79 Å². The zero-order chi connectivity index (χ0) is 65.1. The van der Waals surface area contributed by atoms with Crippen molar-refractivity contribution in [1.82, 2.24) is 10.5 Å². The molecule has 5 aliphatic heterocycles. The number of nitrogens with one attached hydrogen (secondary N) is 1. The van der Waals surface area contributed by atoms with Crippen LogP contribution in [0.15, 0.2) is 70.6 Å². The molecule has 7 N–H and O–H groups in total. The minimum absolute atomic E-state index is 0.0206. The van der Waals surface area contributed by atoms with Crippen LogP contribution in [0, 0.1) is 46.1 Å². The summed E-state index contributed by atoms with van der Waals surface area (Å²) in [6.45, 7) is 20.2. The molecule has 1 spiro atoms. The third-order valence-corrected chi connectivity index (χ3v) is 20.3. The number of ketones is 2. The predicted molar refractivity (Wildman–Crippen MR) is 312 cm³/mol.